The molecule has 2 rings (SSSR count). The van der Waals surface area contributed by atoms with Crippen LogP contribution in [0.25, 0.3) is 0 Å². The van der Waals surface area contributed by atoms with Crippen molar-refractivity contribution in [2.45, 2.75) is 46.1 Å². The molecular formula is C15H25N5S. The Morgan fingerprint density at radius 3 is 2.57 bits per heavy atom. The smallest absolute Gasteiger partial charge is 0.159 e. The van der Waals surface area contributed by atoms with Crippen LogP contribution < -0.4 is 11.1 Å². The van der Waals surface area contributed by atoms with E-state index in [4.69, 9.17) is 18.0 Å². The summed E-state index contributed by atoms with van der Waals surface area (Å²) in [7, 11) is 0. The molecule has 21 heavy (non-hydrogen) atoms. The van der Waals surface area contributed by atoms with Gasteiger partial charge in [0.1, 0.15) is 4.99 Å². The Morgan fingerprint density at radius 2 is 1.95 bits per heavy atom. The molecule has 6 heteroatoms. The summed E-state index contributed by atoms with van der Waals surface area (Å²) in [5.74, 6) is 0.703. The molecule has 1 aliphatic rings. The van der Waals surface area contributed by atoms with Crippen LogP contribution in [0.5, 0.6) is 0 Å². The zero-order valence-electron chi connectivity index (χ0n) is 13.1. The fraction of sp³-hybridized carbons (Fsp3) is 0.667. The summed E-state index contributed by atoms with van der Waals surface area (Å²) in [6, 6.07) is 0.466. The Labute approximate surface area is 132 Å². The fourth-order valence-electron chi connectivity index (χ4n) is 2.77. The van der Waals surface area contributed by atoms with Crippen LogP contribution >= 0.6 is 12.2 Å². The minimum atomic E-state index is 0.374. The number of thiocarbonyl (C=S) groups is 1. The predicted octanol–water partition coefficient (Wildman–Crippen LogP) is 2.01. The number of nitrogens with zero attached hydrogens (tertiary/aromatic N) is 3. The van der Waals surface area contributed by atoms with Gasteiger partial charge in [0.2, 0.25) is 0 Å². The second-order valence-electron chi connectivity index (χ2n) is 5.82. The van der Waals surface area contributed by atoms with Crippen LogP contribution in [0.4, 0.5) is 5.82 Å². The van der Waals surface area contributed by atoms with Crippen molar-refractivity contribution >= 4 is 23.0 Å². The summed E-state index contributed by atoms with van der Waals surface area (Å²) >= 11 is 5.16. The van der Waals surface area contributed by atoms with E-state index in [9.17, 15) is 0 Å². The van der Waals surface area contributed by atoms with Gasteiger partial charge in [-0.2, -0.15) is 5.10 Å². The Kier molecular flexibility index (Phi) is 5.47. The third kappa shape index (κ3) is 3.89. The highest BCUT2D eigenvalue weighted by Gasteiger charge is 2.18. The SMILES string of the molecule is Cc1nnc(NCC(C)N2CCCCC2)c(C(N)=S)c1C. The van der Waals surface area contributed by atoms with Gasteiger partial charge in [-0.25, -0.2) is 0 Å². The highest BCUT2D eigenvalue weighted by Crippen LogP contribution is 2.19. The predicted molar refractivity (Wildman–Crippen MR) is 90.8 cm³/mol. The molecule has 0 radical (unpaired) electrons. The molecule has 0 spiro atoms. The van der Waals surface area contributed by atoms with E-state index in [1.165, 1.54) is 32.4 Å². The molecule has 0 bridgehead atoms. The maximum atomic E-state index is 5.85. The van der Waals surface area contributed by atoms with Gasteiger partial charge in [-0.05, 0) is 52.3 Å². The molecule has 116 valence electrons. The van der Waals surface area contributed by atoms with Crippen molar-refractivity contribution in [1.82, 2.24) is 15.1 Å². The van der Waals surface area contributed by atoms with Crippen molar-refractivity contribution in [3.8, 4) is 0 Å². The van der Waals surface area contributed by atoms with Crippen molar-refractivity contribution in [2.75, 3.05) is 25.0 Å². The third-order valence-electron chi connectivity index (χ3n) is 4.28. The maximum absolute atomic E-state index is 5.85. The quantitative estimate of drug-likeness (QED) is 0.811. The molecule has 0 aromatic carbocycles. The van der Waals surface area contributed by atoms with Gasteiger partial charge in [0.05, 0.1) is 11.3 Å². The molecule has 1 aromatic rings. The normalized spacial score (nSPS) is 17.5. The molecule has 1 unspecified atom stereocenters. The van der Waals surface area contributed by atoms with E-state index in [0.717, 1.165) is 23.4 Å². The first-order chi connectivity index (χ1) is 10.0. The Balaban J connectivity index is 2.05. The standard InChI is InChI=1S/C15H25N5S/c1-10(20-7-5-4-6-8-20)9-17-15-13(14(16)21)11(2)12(3)18-19-15/h10H,4-9H2,1-3H3,(H2,16,21)(H,17,19). The van der Waals surface area contributed by atoms with Crippen LogP contribution in [0.2, 0.25) is 0 Å². The van der Waals surface area contributed by atoms with Crippen LogP contribution in [-0.4, -0.2) is 45.8 Å². The molecule has 1 saturated heterocycles. The van der Waals surface area contributed by atoms with Gasteiger partial charge in [0, 0.05) is 12.6 Å². The summed E-state index contributed by atoms with van der Waals surface area (Å²) in [6.45, 7) is 9.34. The summed E-state index contributed by atoms with van der Waals surface area (Å²) in [6.07, 6.45) is 3.95. The lowest BCUT2D eigenvalue weighted by molar-refractivity contribution is 0.180. The maximum Gasteiger partial charge on any atom is 0.159 e. The molecule has 1 atom stereocenters. The zero-order chi connectivity index (χ0) is 15.4. The van der Waals surface area contributed by atoms with E-state index in [0.29, 0.717) is 16.8 Å². The average molecular weight is 307 g/mol. The largest absolute Gasteiger partial charge is 0.389 e. The molecule has 3 N–H and O–H groups in total. The van der Waals surface area contributed by atoms with Crippen molar-refractivity contribution in [1.29, 1.82) is 0 Å². The monoisotopic (exact) mass is 307 g/mol. The van der Waals surface area contributed by atoms with Crippen LogP contribution in [-0.2, 0) is 0 Å². The molecule has 1 aliphatic heterocycles. The van der Waals surface area contributed by atoms with Crippen molar-refractivity contribution < 1.29 is 0 Å². The van der Waals surface area contributed by atoms with Crippen LogP contribution in [0, 0.1) is 13.8 Å². The number of piperidine rings is 1. The van der Waals surface area contributed by atoms with Gasteiger partial charge in [0.15, 0.2) is 5.82 Å². The van der Waals surface area contributed by atoms with Crippen molar-refractivity contribution in [3.63, 3.8) is 0 Å². The average Bonchev–Trinajstić information content (AvgIpc) is 2.48. The van der Waals surface area contributed by atoms with Gasteiger partial charge in [-0.1, -0.05) is 18.6 Å². The first-order valence-corrected chi connectivity index (χ1v) is 8.03. The number of nitrogens with one attached hydrogen (secondary N) is 1. The lowest BCUT2D eigenvalue weighted by Crippen LogP contribution is -2.41. The van der Waals surface area contributed by atoms with Crippen LogP contribution in [0.3, 0.4) is 0 Å². The summed E-state index contributed by atoms with van der Waals surface area (Å²) < 4.78 is 0. The molecular weight excluding hydrogens is 282 g/mol. The molecule has 1 aromatic heterocycles. The first kappa shape index (κ1) is 16.1. The highest BCUT2D eigenvalue weighted by atomic mass is 32.1. The third-order valence-corrected chi connectivity index (χ3v) is 4.48. The van der Waals surface area contributed by atoms with E-state index >= 15 is 0 Å². The zero-order valence-corrected chi connectivity index (χ0v) is 14.0. The second kappa shape index (κ2) is 7.13. The van der Waals surface area contributed by atoms with E-state index in [1.54, 1.807) is 0 Å². The molecule has 0 aliphatic carbocycles. The van der Waals surface area contributed by atoms with E-state index in [1.807, 2.05) is 13.8 Å². The van der Waals surface area contributed by atoms with Crippen LogP contribution in [0.15, 0.2) is 0 Å². The minimum Gasteiger partial charge on any atom is -0.389 e. The molecule has 2 heterocycles. The van der Waals surface area contributed by atoms with E-state index < -0.39 is 0 Å². The number of aromatic nitrogens is 2. The summed E-state index contributed by atoms with van der Waals surface area (Å²) in [5, 5.41) is 11.8. The summed E-state index contributed by atoms with van der Waals surface area (Å²) in [5.41, 5.74) is 8.54. The number of nitrogens with two attached hydrogens (primary N) is 1. The van der Waals surface area contributed by atoms with Gasteiger partial charge in [-0.15, -0.1) is 5.10 Å². The Hall–Kier alpha value is -1.27. The van der Waals surface area contributed by atoms with Crippen LogP contribution in [0.1, 0.15) is 43.0 Å². The minimum absolute atomic E-state index is 0.374. The van der Waals surface area contributed by atoms with Gasteiger partial charge < -0.3 is 11.1 Å². The van der Waals surface area contributed by atoms with Gasteiger partial charge in [-0.3, -0.25) is 4.90 Å². The van der Waals surface area contributed by atoms with E-state index in [-0.39, 0.29) is 0 Å². The molecule has 5 nitrogen and oxygen atoms in total. The van der Waals surface area contributed by atoms with Crippen molar-refractivity contribution in [3.05, 3.63) is 16.8 Å². The number of hydrogen-bond donors (Lipinski definition) is 2. The second-order valence-corrected chi connectivity index (χ2v) is 6.26. The number of anilines is 1. The number of likely N-dealkylation sites (tertiary alicyclic amines) is 1. The number of aryl methyl sites for hydroxylation is 1. The van der Waals surface area contributed by atoms with Gasteiger partial charge in [0.25, 0.3) is 0 Å². The Bertz CT molecular complexity index is 511. The van der Waals surface area contributed by atoms with Crippen molar-refractivity contribution in [2.24, 2.45) is 5.73 Å². The topological polar surface area (TPSA) is 67.1 Å². The summed E-state index contributed by atoms with van der Waals surface area (Å²) in [4.78, 5) is 2.89. The number of rotatable bonds is 5. The first-order valence-electron chi connectivity index (χ1n) is 7.62. The lowest BCUT2D eigenvalue weighted by atomic mass is 10.1. The molecule has 0 amide bonds. The molecule has 1 fully saturated rings. The molecule has 0 saturated carbocycles. The van der Waals surface area contributed by atoms with E-state index in [2.05, 4.69) is 27.3 Å². The Morgan fingerprint density at radius 1 is 1.29 bits per heavy atom. The number of hydrogen-bond acceptors (Lipinski definition) is 5. The van der Waals surface area contributed by atoms with Gasteiger partial charge >= 0.3 is 0 Å². The fourth-order valence-corrected chi connectivity index (χ4v) is 3.02. The highest BCUT2D eigenvalue weighted by molar-refractivity contribution is 7.80. The lowest BCUT2D eigenvalue weighted by Gasteiger charge is -2.32.